The summed E-state index contributed by atoms with van der Waals surface area (Å²) in [4.78, 5) is 16.4. The van der Waals surface area contributed by atoms with Gasteiger partial charge in [-0.05, 0) is 29.7 Å². The van der Waals surface area contributed by atoms with Gasteiger partial charge in [-0.15, -0.1) is 0 Å². The molecule has 20 heavy (non-hydrogen) atoms. The van der Waals surface area contributed by atoms with E-state index in [1.165, 1.54) is 13.2 Å². The van der Waals surface area contributed by atoms with E-state index in [0.29, 0.717) is 11.3 Å². The predicted octanol–water partition coefficient (Wildman–Crippen LogP) is 3.22. The highest BCUT2D eigenvalue weighted by Gasteiger charge is 2.16. The zero-order chi connectivity index (χ0) is 14.5. The molecule has 0 unspecified atom stereocenters. The van der Waals surface area contributed by atoms with Gasteiger partial charge >= 0.3 is 0 Å². The summed E-state index contributed by atoms with van der Waals surface area (Å²) in [6.45, 7) is 1.96. The minimum atomic E-state index is -0.489. The second-order valence-electron chi connectivity index (χ2n) is 4.40. The molecule has 0 aliphatic rings. The van der Waals surface area contributed by atoms with Crippen molar-refractivity contribution >= 4 is 5.78 Å². The van der Waals surface area contributed by atoms with E-state index in [1.807, 2.05) is 13.0 Å². The molecule has 0 aliphatic carbocycles. The van der Waals surface area contributed by atoms with Crippen molar-refractivity contribution in [2.75, 3.05) is 7.11 Å². The van der Waals surface area contributed by atoms with Crippen LogP contribution in [0.25, 0.3) is 0 Å². The third-order valence-electron chi connectivity index (χ3n) is 3.15. The lowest BCUT2D eigenvalue weighted by Crippen LogP contribution is -2.10. The summed E-state index contributed by atoms with van der Waals surface area (Å²) < 4.78 is 18.9. The number of pyridine rings is 1. The third kappa shape index (κ3) is 2.85. The molecule has 1 aromatic carbocycles. The largest absolute Gasteiger partial charge is 0.494 e. The molecule has 2 aromatic rings. The lowest BCUT2D eigenvalue weighted by Gasteiger charge is -2.08. The van der Waals surface area contributed by atoms with Gasteiger partial charge in [-0.3, -0.25) is 9.78 Å². The number of hydrogen-bond donors (Lipinski definition) is 0. The summed E-state index contributed by atoms with van der Waals surface area (Å²) in [5.41, 5.74) is 1.61. The molecular weight excluding hydrogens is 257 g/mol. The van der Waals surface area contributed by atoms with Gasteiger partial charge in [0.15, 0.2) is 17.3 Å². The van der Waals surface area contributed by atoms with Crippen LogP contribution in [0.1, 0.15) is 28.5 Å². The van der Waals surface area contributed by atoms with Crippen LogP contribution in [0, 0.1) is 5.82 Å². The predicted molar refractivity (Wildman–Crippen MR) is 74.6 cm³/mol. The molecule has 4 heteroatoms. The van der Waals surface area contributed by atoms with Gasteiger partial charge in [0.1, 0.15) is 5.69 Å². The summed E-state index contributed by atoms with van der Waals surface area (Å²) in [6, 6.07) is 8.44. The molecule has 0 saturated carbocycles. The van der Waals surface area contributed by atoms with E-state index in [-0.39, 0.29) is 18.0 Å². The average Bonchev–Trinajstić information content (AvgIpc) is 2.49. The van der Waals surface area contributed by atoms with Crippen LogP contribution in [0.15, 0.2) is 36.5 Å². The lowest BCUT2D eigenvalue weighted by molar-refractivity contribution is 0.0986. The number of ether oxygens (including phenoxy) is 1. The van der Waals surface area contributed by atoms with Crippen molar-refractivity contribution in [1.29, 1.82) is 0 Å². The first-order chi connectivity index (χ1) is 9.67. The number of hydrogen-bond acceptors (Lipinski definition) is 3. The fourth-order valence-electron chi connectivity index (χ4n) is 2.08. The van der Waals surface area contributed by atoms with Crippen molar-refractivity contribution in [2.45, 2.75) is 19.8 Å². The average molecular weight is 273 g/mol. The van der Waals surface area contributed by atoms with Gasteiger partial charge in [0.2, 0.25) is 0 Å². The summed E-state index contributed by atoms with van der Waals surface area (Å²) in [5, 5.41) is 0. The number of rotatable bonds is 5. The molecule has 1 aromatic heterocycles. The number of ketones is 1. The summed E-state index contributed by atoms with van der Waals surface area (Å²) in [6.07, 6.45) is 2.27. The Kier molecular flexibility index (Phi) is 4.45. The molecule has 0 spiro atoms. The molecule has 104 valence electrons. The highest BCUT2D eigenvalue weighted by Crippen LogP contribution is 2.21. The monoisotopic (exact) mass is 273 g/mol. The highest BCUT2D eigenvalue weighted by atomic mass is 19.1. The van der Waals surface area contributed by atoms with Gasteiger partial charge in [0.25, 0.3) is 0 Å². The van der Waals surface area contributed by atoms with Crippen LogP contribution < -0.4 is 4.74 Å². The number of aromatic nitrogens is 1. The normalized spacial score (nSPS) is 10.3. The maximum atomic E-state index is 14.0. The standard InChI is InChI=1S/C16H16FNO2/c1-3-11-7-5-9-18-16(11)13(19)10-12-6-4-8-14(20-2)15(12)17/h4-9H,3,10H2,1-2H3. The maximum Gasteiger partial charge on any atom is 0.185 e. The Balaban J connectivity index is 2.28. The van der Waals surface area contributed by atoms with Crippen LogP contribution >= 0.6 is 0 Å². The van der Waals surface area contributed by atoms with Gasteiger partial charge in [-0.25, -0.2) is 4.39 Å². The number of nitrogens with zero attached hydrogens (tertiary/aromatic N) is 1. The molecule has 0 fully saturated rings. The first-order valence-corrected chi connectivity index (χ1v) is 6.45. The Labute approximate surface area is 117 Å². The van der Waals surface area contributed by atoms with Crippen LogP contribution in [0.3, 0.4) is 0 Å². The molecule has 0 bridgehead atoms. The first-order valence-electron chi connectivity index (χ1n) is 6.45. The molecule has 0 amide bonds. The quantitative estimate of drug-likeness (QED) is 0.785. The van der Waals surface area contributed by atoms with E-state index in [4.69, 9.17) is 4.74 Å². The van der Waals surface area contributed by atoms with Crippen LogP contribution in [0.2, 0.25) is 0 Å². The maximum absolute atomic E-state index is 14.0. The van der Waals surface area contributed by atoms with Gasteiger partial charge in [-0.2, -0.15) is 0 Å². The third-order valence-corrected chi connectivity index (χ3v) is 3.15. The van der Waals surface area contributed by atoms with E-state index in [2.05, 4.69) is 4.98 Å². The number of methoxy groups -OCH3 is 1. The fraction of sp³-hybridized carbons (Fsp3) is 0.250. The van der Waals surface area contributed by atoms with Crippen molar-refractivity contribution in [3.8, 4) is 5.75 Å². The number of carbonyl (C=O) groups excluding carboxylic acids is 1. The molecule has 3 nitrogen and oxygen atoms in total. The van der Waals surface area contributed by atoms with Gasteiger partial charge in [-0.1, -0.05) is 25.1 Å². The molecule has 0 radical (unpaired) electrons. The van der Waals surface area contributed by atoms with E-state index in [9.17, 15) is 9.18 Å². The molecule has 0 N–H and O–H groups in total. The Morgan fingerprint density at radius 2 is 2.00 bits per heavy atom. The Bertz CT molecular complexity index is 626. The number of Topliss-reactive ketones (excluding diaryl/α,β-unsaturated/α-hetero) is 1. The van der Waals surface area contributed by atoms with Gasteiger partial charge in [0.05, 0.1) is 7.11 Å². The van der Waals surface area contributed by atoms with E-state index < -0.39 is 5.82 Å². The van der Waals surface area contributed by atoms with Crippen LogP contribution in [-0.4, -0.2) is 17.9 Å². The fourth-order valence-corrected chi connectivity index (χ4v) is 2.08. The lowest BCUT2D eigenvalue weighted by atomic mass is 10.0. The molecule has 0 aliphatic heterocycles. The first kappa shape index (κ1) is 14.2. The Morgan fingerprint density at radius 1 is 1.25 bits per heavy atom. The van der Waals surface area contributed by atoms with E-state index >= 15 is 0 Å². The molecule has 1 heterocycles. The van der Waals surface area contributed by atoms with E-state index in [1.54, 1.807) is 24.4 Å². The Morgan fingerprint density at radius 3 is 2.70 bits per heavy atom. The van der Waals surface area contributed by atoms with E-state index in [0.717, 1.165) is 12.0 Å². The summed E-state index contributed by atoms with van der Waals surface area (Å²) in [5.74, 6) is -0.529. The zero-order valence-electron chi connectivity index (χ0n) is 11.5. The zero-order valence-corrected chi connectivity index (χ0v) is 11.5. The number of aryl methyl sites for hydroxylation is 1. The van der Waals surface area contributed by atoms with Gasteiger partial charge in [0, 0.05) is 12.6 Å². The van der Waals surface area contributed by atoms with Crippen molar-refractivity contribution in [3.63, 3.8) is 0 Å². The minimum absolute atomic E-state index is 0.0208. The van der Waals surface area contributed by atoms with Crippen molar-refractivity contribution in [2.24, 2.45) is 0 Å². The highest BCUT2D eigenvalue weighted by molar-refractivity contribution is 5.97. The number of carbonyl (C=O) groups is 1. The molecule has 0 atom stereocenters. The van der Waals surface area contributed by atoms with Gasteiger partial charge < -0.3 is 4.74 Å². The van der Waals surface area contributed by atoms with Crippen molar-refractivity contribution in [1.82, 2.24) is 4.98 Å². The smallest absolute Gasteiger partial charge is 0.185 e. The molecule has 2 rings (SSSR count). The van der Waals surface area contributed by atoms with Crippen molar-refractivity contribution in [3.05, 3.63) is 59.2 Å². The summed E-state index contributed by atoms with van der Waals surface area (Å²) >= 11 is 0. The number of benzene rings is 1. The Hall–Kier alpha value is -2.23. The second kappa shape index (κ2) is 6.28. The summed E-state index contributed by atoms with van der Waals surface area (Å²) in [7, 11) is 1.40. The second-order valence-corrected chi connectivity index (χ2v) is 4.40. The topological polar surface area (TPSA) is 39.2 Å². The van der Waals surface area contributed by atoms with Crippen molar-refractivity contribution < 1.29 is 13.9 Å². The van der Waals surface area contributed by atoms with Crippen LogP contribution in [0.5, 0.6) is 5.75 Å². The molecule has 0 saturated heterocycles. The molecular formula is C16H16FNO2. The van der Waals surface area contributed by atoms with Crippen LogP contribution in [0.4, 0.5) is 4.39 Å². The van der Waals surface area contributed by atoms with Crippen LogP contribution in [-0.2, 0) is 12.8 Å². The minimum Gasteiger partial charge on any atom is -0.494 e. The SMILES string of the molecule is CCc1cccnc1C(=O)Cc1cccc(OC)c1F. The number of halogens is 1.